The normalized spacial score (nSPS) is 10.1. The van der Waals surface area contributed by atoms with Crippen LogP contribution in [0.1, 0.15) is 10.4 Å². The molecule has 5 nitrogen and oxygen atoms in total. The number of amides is 1. The van der Waals surface area contributed by atoms with Crippen molar-refractivity contribution in [3.05, 3.63) is 54.0 Å². The van der Waals surface area contributed by atoms with Crippen molar-refractivity contribution in [3.8, 4) is 0 Å². The summed E-state index contributed by atoms with van der Waals surface area (Å²) < 4.78 is 13.3. The zero-order valence-corrected chi connectivity index (χ0v) is 9.75. The second kappa shape index (κ2) is 5.60. The largest absolute Gasteiger partial charge is 0.488 e. The fourth-order valence-electron chi connectivity index (χ4n) is 1.52. The van der Waals surface area contributed by atoms with Crippen LogP contribution in [0, 0.1) is 5.82 Å². The van der Waals surface area contributed by atoms with Crippen LogP contribution in [0.4, 0.5) is 10.2 Å². The highest BCUT2D eigenvalue weighted by atomic mass is 19.1. The Morgan fingerprint density at radius 3 is 2.68 bits per heavy atom. The number of pyridine rings is 1. The topological polar surface area (TPSA) is 82.5 Å². The molecule has 3 N–H and O–H groups in total. The highest BCUT2D eigenvalue weighted by Gasteiger charge is 2.16. The Morgan fingerprint density at radius 1 is 1.26 bits per heavy atom. The molecule has 0 spiro atoms. The summed E-state index contributed by atoms with van der Waals surface area (Å²) >= 11 is 0. The summed E-state index contributed by atoms with van der Waals surface area (Å²) in [4.78, 5) is 15.8. The fraction of sp³-hybridized carbons (Fsp3) is 0. The number of aromatic nitrogens is 1. The maximum absolute atomic E-state index is 13.3. The van der Waals surface area contributed by atoms with Crippen LogP contribution >= 0.6 is 0 Å². The van der Waals surface area contributed by atoms with E-state index in [1.54, 1.807) is 18.2 Å². The van der Waals surface area contributed by atoms with E-state index in [9.17, 15) is 9.18 Å². The number of hydrogen-bond donors (Lipinski definition) is 3. The van der Waals surface area contributed by atoms with Crippen molar-refractivity contribution >= 4 is 24.3 Å². The third-order valence-corrected chi connectivity index (χ3v) is 2.39. The number of carbonyl (C=O) groups excluding carboxylic acids is 1. The predicted octanol–water partition coefficient (Wildman–Crippen LogP) is 0.153. The molecule has 2 rings (SSSR count). The van der Waals surface area contributed by atoms with E-state index in [2.05, 4.69) is 10.3 Å². The second-order valence-corrected chi connectivity index (χ2v) is 3.82. The molecular weight excluding hydrogens is 250 g/mol. The van der Waals surface area contributed by atoms with Crippen LogP contribution < -0.4 is 10.8 Å². The number of nitrogens with zero attached hydrogens (tertiary/aromatic N) is 1. The number of benzene rings is 1. The minimum absolute atomic E-state index is 0.0197. The van der Waals surface area contributed by atoms with Gasteiger partial charge in [0.2, 0.25) is 0 Å². The van der Waals surface area contributed by atoms with Gasteiger partial charge in [-0.05, 0) is 35.8 Å². The van der Waals surface area contributed by atoms with Crippen LogP contribution in [0.5, 0.6) is 0 Å². The summed E-state index contributed by atoms with van der Waals surface area (Å²) in [6.45, 7) is 0. The van der Waals surface area contributed by atoms with Gasteiger partial charge in [0.25, 0.3) is 5.91 Å². The molecule has 2 aromatic rings. The highest BCUT2D eigenvalue weighted by molar-refractivity contribution is 6.58. The van der Waals surface area contributed by atoms with Gasteiger partial charge >= 0.3 is 7.12 Å². The van der Waals surface area contributed by atoms with E-state index in [0.717, 1.165) is 12.1 Å². The monoisotopic (exact) mass is 260 g/mol. The lowest BCUT2D eigenvalue weighted by Gasteiger charge is -2.06. The zero-order chi connectivity index (χ0) is 13.8. The summed E-state index contributed by atoms with van der Waals surface area (Å²) in [7, 11) is -1.84. The maximum Gasteiger partial charge on any atom is 0.488 e. The lowest BCUT2D eigenvalue weighted by molar-refractivity contribution is 0.102. The number of rotatable bonds is 3. The molecule has 0 saturated heterocycles. The molecule has 19 heavy (non-hydrogen) atoms. The predicted molar refractivity (Wildman–Crippen MR) is 68.4 cm³/mol. The van der Waals surface area contributed by atoms with Gasteiger partial charge in [0.1, 0.15) is 11.6 Å². The zero-order valence-electron chi connectivity index (χ0n) is 9.75. The summed E-state index contributed by atoms with van der Waals surface area (Å²) in [5.74, 6) is -0.986. The molecule has 0 aliphatic heterocycles. The molecule has 1 aromatic heterocycles. The standard InChI is InChI=1S/C12H10BFN2O3/c14-10-6-8(5-9(7-10)13(18)19)12(17)16-11-3-1-2-4-15-11/h1-7,18-19H,(H,15,16,17). The molecule has 0 aliphatic rings. The van der Waals surface area contributed by atoms with Crippen molar-refractivity contribution < 1.29 is 19.2 Å². The van der Waals surface area contributed by atoms with E-state index in [-0.39, 0.29) is 11.0 Å². The Hall–Kier alpha value is -2.25. The van der Waals surface area contributed by atoms with E-state index in [1.165, 1.54) is 12.3 Å². The van der Waals surface area contributed by atoms with Gasteiger partial charge in [0, 0.05) is 11.8 Å². The van der Waals surface area contributed by atoms with Gasteiger partial charge in [0.15, 0.2) is 0 Å². The molecule has 0 radical (unpaired) electrons. The van der Waals surface area contributed by atoms with E-state index in [0.29, 0.717) is 5.82 Å². The molecule has 0 atom stereocenters. The molecule has 7 heteroatoms. The Bertz CT molecular complexity index is 593. The number of anilines is 1. The van der Waals surface area contributed by atoms with Gasteiger partial charge in [-0.2, -0.15) is 0 Å². The number of hydrogen-bond acceptors (Lipinski definition) is 4. The SMILES string of the molecule is O=C(Nc1ccccn1)c1cc(F)cc(B(O)O)c1. The van der Waals surface area contributed by atoms with Crippen LogP contribution in [0.3, 0.4) is 0 Å². The van der Waals surface area contributed by atoms with Crippen LogP contribution in [0.15, 0.2) is 42.6 Å². The van der Waals surface area contributed by atoms with Crippen LogP contribution in [0.25, 0.3) is 0 Å². The van der Waals surface area contributed by atoms with Gasteiger partial charge in [-0.3, -0.25) is 4.79 Å². The van der Waals surface area contributed by atoms with Crippen molar-refractivity contribution in [2.45, 2.75) is 0 Å². The van der Waals surface area contributed by atoms with Gasteiger partial charge < -0.3 is 15.4 Å². The number of halogens is 1. The van der Waals surface area contributed by atoms with Crippen molar-refractivity contribution in [1.29, 1.82) is 0 Å². The molecule has 1 aromatic carbocycles. The highest BCUT2D eigenvalue weighted by Crippen LogP contribution is 2.07. The van der Waals surface area contributed by atoms with Crippen molar-refractivity contribution in [1.82, 2.24) is 4.98 Å². The lowest BCUT2D eigenvalue weighted by atomic mass is 9.79. The van der Waals surface area contributed by atoms with Crippen molar-refractivity contribution in [2.75, 3.05) is 5.32 Å². The summed E-state index contributed by atoms with van der Waals surface area (Å²) in [5, 5.41) is 20.4. The third kappa shape index (κ3) is 3.37. The Morgan fingerprint density at radius 2 is 2.05 bits per heavy atom. The molecular formula is C12H10BFN2O3. The van der Waals surface area contributed by atoms with Crippen molar-refractivity contribution in [2.24, 2.45) is 0 Å². The van der Waals surface area contributed by atoms with Crippen LogP contribution in [-0.4, -0.2) is 28.1 Å². The molecule has 96 valence electrons. The summed E-state index contributed by atoms with van der Waals surface area (Å²) in [6, 6.07) is 8.12. The first-order valence-electron chi connectivity index (χ1n) is 5.45. The molecule has 0 unspecified atom stereocenters. The van der Waals surface area contributed by atoms with E-state index < -0.39 is 18.8 Å². The molecule has 0 fully saturated rings. The van der Waals surface area contributed by atoms with E-state index in [4.69, 9.17) is 10.0 Å². The average molecular weight is 260 g/mol. The average Bonchev–Trinajstić information content (AvgIpc) is 2.39. The van der Waals surface area contributed by atoms with Gasteiger partial charge in [-0.15, -0.1) is 0 Å². The van der Waals surface area contributed by atoms with Gasteiger partial charge in [-0.25, -0.2) is 9.37 Å². The molecule has 0 saturated carbocycles. The first-order valence-corrected chi connectivity index (χ1v) is 5.45. The minimum Gasteiger partial charge on any atom is -0.423 e. The molecule has 1 amide bonds. The van der Waals surface area contributed by atoms with Gasteiger partial charge in [0.05, 0.1) is 0 Å². The minimum atomic E-state index is -1.84. The smallest absolute Gasteiger partial charge is 0.423 e. The summed E-state index contributed by atoms with van der Waals surface area (Å²) in [5.41, 5.74) is -0.111. The second-order valence-electron chi connectivity index (χ2n) is 3.82. The number of carbonyl (C=O) groups is 1. The summed E-state index contributed by atoms with van der Waals surface area (Å²) in [6.07, 6.45) is 1.50. The first kappa shape index (κ1) is 13.2. The Balaban J connectivity index is 2.24. The molecule has 0 aliphatic carbocycles. The van der Waals surface area contributed by atoms with Crippen LogP contribution in [0.2, 0.25) is 0 Å². The van der Waals surface area contributed by atoms with Crippen LogP contribution in [-0.2, 0) is 0 Å². The lowest BCUT2D eigenvalue weighted by Crippen LogP contribution is -2.31. The van der Waals surface area contributed by atoms with Crippen molar-refractivity contribution in [3.63, 3.8) is 0 Å². The molecule has 1 heterocycles. The third-order valence-electron chi connectivity index (χ3n) is 2.39. The maximum atomic E-state index is 13.3. The molecule has 0 bridgehead atoms. The first-order chi connectivity index (χ1) is 9.06. The quantitative estimate of drug-likeness (QED) is 0.686. The van der Waals surface area contributed by atoms with E-state index in [1.807, 2.05) is 0 Å². The Labute approximate surface area is 108 Å². The Kier molecular flexibility index (Phi) is 3.89. The van der Waals surface area contributed by atoms with E-state index >= 15 is 0 Å². The number of nitrogens with one attached hydrogen (secondary N) is 1. The fourth-order valence-corrected chi connectivity index (χ4v) is 1.52. The van der Waals surface area contributed by atoms with Gasteiger partial charge in [-0.1, -0.05) is 6.07 Å².